The standard InChI is InChI=1S/C32H70N2.BrH/c1-7-9-11-13-15-17-19-21-23-25-29-33(3,4)31-27-28-32-34(5,6)30-26-24-22-20-18-16-14-12-10-8-2;/h7-32H2,1-6H3;1H/q+2;/p-1. The van der Waals surface area contributed by atoms with E-state index in [9.17, 15) is 0 Å². The van der Waals surface area contributed by atoms with Crippen LogP contribution in [-0.2, 0) is 0 Å². The zero-order chi connectivity index (χ0) is 25.4. The Morgan fingerprint density at radius 3 is 0.686 bits per heavy atom. The Hall–Kier alpha value is 0.400. The lowest BCUT2D eigenvalue weighted by atomic mass is 10.1. The molecule has 0 heterocycles. The molecule has 0 spiro atoms. The fourth-order valence-corrected chi connectivity index (χ4v) is 5.36. The molecule has 0 rings (SSSR count). The number of nitrogens with zero attached hydrogens (tertiary/aromatic N) is 2. The molecule has 0 aliphatic heterocycles. The average Bonchev–Trinajstić information content (AvgIpc) is 2.79. The molecular formula is C32H70BrN2+. The fraction of sp³-hybridized carbons (Fsp3) is 1.00. The van der Waals surface area contributed by atoms with Gasteiger partial charge in [0.1, 0.15) is 0 Å². The molecule has 0 aromatic heterocycles. The first-order valence-electron chi connectivity index (χ1n) is 16.0. The summed E-state index contributed by atoms with van der Waals surface area (Å²) in [6, 6.07) is 0. The van der Waals surface area contributed by atoms with Crippen LogP contribution < -0.4 is 17.0 Å². The molecule has 0 fully saturated rings. The molecule has 0 amide bonds. The number of unbranched alkanes of at least 4 members (excludes halogenated alkanes) is 19. The molecule has 214 valence electrons. The van der Waals surface area contributed by atoms with Gasteiger partial charge >= 0.3 is 0 Å². The van der Waals surface area contributed by atoms with E-state index in [2.05, 4.69) is 42.0 Å². The van der Waals surface area contributed by atoms with Crippen molar-refractivity contribution in [2.24, 2.45) is 0 Å². The second-order valence-corrected chi connectivity index (χ2v) is 12.8. The second kappa shape index (κ2) is 26.0. The van der Waals surface area contributed by atoms with E-state index >= 15 is 0 Å². The van der Waals surface area contributed by atoms with Crippen LogP contribution in [0.4, 0.5) is 0 Å². The van der Waals surface area contributed by atoms with Crippen molar-refractivity contribution in [1.82, 2.24) is 0 Å². The maximum atomic E-state index is 2.46. The van der Waals surface area contributed by atoms with Gasteiger partial charge in [0.25, 0.3) is 0 Å². The van der Waals surface area contributed by atoms with Crippen LogP contribution in [0.3, 0.4) is 0 Å². The van der Waals surface area contributed by atoms with Crippen molar-refractivity contribution in [2.75, 3.05) is 54.4 Å². The van der Waals surface area contributed by atoms with E-state index in [0.717, 1.165) is 0 Å². The summed E-state index contributed by atoms with van der Waals surface area (Å²) in [5.74, 6) is 0. The first-order valence-corrected chi connectivity index (χ1v) is 16.0. The Labute approximate surface area is 235 Å². The van der Waals surface area contributed by atoms with Crippen LogP contribution in [0, 0.1) is 0 Å². The number of hydrogen-bond donors (Lipinski definition) is 0. The fourth-order valence-electron chi connectivity index (χ4n) is 5.36. The highest BCUT2D eigenvalue weighted by Crippen LogP contribution is 2.14. The number of rotatable bonds is 27. The smallest absolute Gasteiger partial charge is 0.0784 e. The Balaban J connectivity index is 0. The van der Waals surface area contributed by atoms with Gasteiger partial charge in [0, 0.05) is 12.8 Å². The minimum atomic E-state index is 0. The number of halogens is 1. The topological polar surface area (TPSA) is 0 Å². The second-order valence-electron chi connectivity index (χ2n) is 12.8. The zero-order valence-corrected chi connectivity index (χ0v) is 27.2. The van der Waals surface area contributed by atoms with Crippen LogP contribution in [0.15, 0.2) is 0 Å². The van der Waals surface area contributed by atoms with Crippen molar-refractivity contribution in [3.05, 3.63) is 0 Å². The van der Waals surface area contributed by atoms with Crippen LogP contribution in [0.1, 0.15) is 155 Å². The van der Waals surface area contributed by atoms with Crippen LogP contribution in [-0.4, -0.2) is 63.3 Å². The summed E-state index contributed by atoms with van der Waals surface area (Å²) in [5.41, 5.74) is 0. The van der Waals surface area contributed by atoms with Gasteiger partial charge < -0.3 is 25.9 Å². The lowest BCUT2D eigenvalue weighted by molar-refractivity contribution is -0.897. The summed E-state index contributed by atoms with van der Waals surface area (Å²) < 4.78 is 2.45. The molecule has 2 nitrogen and oxygen atoms in total. The summed E-state index contributed by atoms with van der Waals surface area (Å²) in [5, 5.41) is 0. The number of hydrogen-bond acceptors (Lipinski definition) is 0. The predicted octanol–water partition coefficient (Wildman–Crippen LogP) is 6.77. The summed E-state index contributed by atoms with van der Waals surface area (Å²) in [4.78, 5) is 0. The minimum Gasteiger partial charge on any atom is -1.00 e. The summed E-state index contributed by atoms with van der Waals surface area (Å²) in [6.45, 7) is 10.1. The summed E-state index contributed by atoms with van der Waals surface area (Å²) >= 11 is 0. The van der Waals surface area contributed by atoms with E-state index in [1.54, 1.807) is 0 Å². The predicted molar refractivity (Wildman–Crippen MR) is 157 cm³/mol. The molecule has 0 bridgehead atoms. The van der Waals surface area contributed by atoms with Crippen LogP contribution >= 0.6 is 0 Å². The van der Waals surface area contributed by atoms with Crippen molar-refractivity contribution in [1.29, 1.82) is 0 Å². The highest BCUT2D eigenvalue weighted by Gasteiger charge is 2.17. The maximum Gasteiger partial charge on any atom is 0.0784 e. The first kappa shape index (κ1) is 37.6. The molecule has 3 heteroatoms. The lowest BCUT2D eigenvalue weighted by Gasteiger charge is -2.32. The van der Waals surface area contributed by atoms with Gasteiger partial charge in [-0.25, -0.2) is 0 Å². The SMILES string of the molecule is CCCCCCCCCCCC[N+](C)(C)CCCC[N+](C)(C)CCCCCCCCCCCC.[Br-]. The Morgan fingerprint density at radius 2 is 0.457 bits per heavy atom. The van der Waals surface area contributed by atoms with Crippen molar-refractivity contribution in [2.45, 2.75) is 155 Å². The van der Waals surface area contributed by atoms with Crippen molar-refractivity contribution in [3.8, 4) is 0 Å². The lowest BCUT2D eigenvalue weighted by Crippen LogP contribution is -3.00. The van der Waals surface area contributed by atoms with Gasteiger partial charge in [0.05, 0.1) is 54.4 Å². The molecule has 0 aliphatic rings. The minimum absolute atomic E-state index is 0. The maximum absolute atomic E-state index is 2.46. The van der Waals surface area contributed by atoms with E-state index in [0.29, 0.717) is 0 Å². The Morgan fingerprint density at radius 1 is 0.286 bits per heavy atom. The van der Waals surface area contributed by atoms with Gasteiger partial charge in [-0.3, -0.25) is 0 Å². The zero-order valence-electron chi connectivity index (χ0n) is 25.7. The summed E-state index contributed by atoms with van der Waals surface area (Å²) in [6.07, 6.45) is 31.7. The monoisotopic (exact) mass is 561 g/mol. The third-order valence-corrected chi connectivity index (χ3v) is 8.01. The molecule has 0 N–H and O–H groups in total. The Bertz CT molecular complexity index is 370. The van der Waals surface area contributed by atoms with Crippen LogP contribution in [0.2, 0.25) is 0 Å². The molecule has 35 heavy (non-hydrogen) atoms. The molecule has 0 aliphatic carbocycles. The van der Waals surface area contributed by atoms with Crippen molar-refractivity contribution in [3.63, 3.8) is 0 Å². The van der Waals surface area contributed by atoms with E-state index in [1.165, 1.54) is 176 Å². The molecule has 0 aromatic rings. The van der Waals surface area contributed by atoms with Gasteiger partial charge in [-0.1, -0.05) is 117 Å². The van der Waals surface area contributed by atoms with Gasteiger partial charge in [0.2, 0.25) is 0 Å². The molecule has 0 unspecified atom stereocenters. The van der Waals surface area contributed by atoms with E-state index in [1.807, 2.05) is 0 Å². The summed E-state index contributed by atoms with van der Waals surface area (Å²) in [7, 11) is 9.82. The van der Waals surface area contributed by atoms with E-state index in [4.69, 9.17) is 0 Å². The Kier molecular flexibility index (Phi) is 27.9. The molecule has 0 saturated heterocycles. The van der Waals surface area contributed by atoms with Gasteiger partial charge in [-0.2, -0.15) is 0 Å². The molecular weight excluding hydrogens is 492 g/mol. The van der Waals surface area contributed by atoms with Gasteiger partial charge in [0.15, 0.2) is 0 Å². The van der Waals surface area contributed by atoms with Crippen molar-refractivity contribution < 1.29 is 25.9 Å². The normalized spacial score (nSPS) is 12.2. The first-order chi connectivity index (χ1) is 16.3. The average molecular weight is 563 g/mol. The van der Waals surface area contributed by atoms with Gasteiger partial charge in [-0.15, -0.1) is 0 Å². The third-order valence-electron chi connectivity index (χ3n) is 8.01. The number of quaternary nitrogens is 2. The molecule has 0 radical (unpaired) electrons. The molecule has 0 aromatic carbocycles. The largest absolute Gasteiger partial charge is 1.00 e. The quantitative estimate of drug-likeness (QED) is 0.0766. The third kappa shape index (κ3) is 28.8. The molecule has 0 saturated carbocycles. The van der Waals surface area contributed by atoms with E-state index < -0.39 is 0 Å². The highest BCUT2D eigenvalue weighted by molar-refractivity contribution is 4.50. The van der Waals surface area contributed by atoms with Crippen LogP contribution in [0.25, 0.3) is 0 Å². The highest BCUT2D eigenvalue weighted by atomic mass is 79.9. The molecule has 0 atom stereocenters. The van der Waals surface area contributed by atoms with Gasteiger partial charge in [-0.05, 0) is 25.7 Å². The van der Waals surface area contributed by atoms with E-state index in [-0.39, 0.29) is 17.0 Å². The van der Waals surface area contributed by atoms with Crippen LogP contribution in [0.5, 0.6) is 0 Å². The van der Waals surface area contributed by atoms with Crippen molar-refractivity contribution >= 4 is 0 Å².